The van der Waals surface area contributed by atoms with Gasteiger partial charge >= 0.3 is 6.18 Å². The van der Waals surface area contributed by atoms with E-state index in [9.17, 15) is 18.4 Å². The van der Waals surface area contributed by atoms with Crippen LogP contribution in [0.2, 0.25) is 0 Å². The molecule has 0 saturated heterocycles. The van der Waals surface area contributed by atoms with Crippen LogP contribution in [0, 0.1) is 11.3 Å². The third-order valence-electron chi connectivity index (χ3n) is 3.75. The Kier molecular flexibility index (Phi) is 4.55. The number of aryl methyl sites for hydroxylation is 1. The third kappa shape index (κ3) is 3.48. The maximum absolute atomic E-state index is 13.3. The summed E-state index contributed by atoms with van der Waals surface area (Å²) >= 11 is 2.51. The van der Waals surface area contributed by atoms with Crippen molar-refractivity contribution in [2.45, 2.75) is 38.3 Å². The van der Waals surface area contributed by atoms with Gasteiger partial charge in [0.2, 0.25) is 0 Å². The quantitative estimate of drug-likeness (QED) is 0.676. The molecule has 7 heteroatoms. The summed E-state index contributed by atoms with van der Waals surface area (Å²) in [4.78, 5) is 5.50. The number of aliphatic imine (C=N–C) groups is 1. The zero-order chi connectivity index (χ0) is 16.4. The highest BCUT2D eigenvalue weighted by Gasteiger charge is 2.36. The van der Waals surface area contributed by atoms with E-state index in [0.29, 0.717) is 10.4 Å². The lowest BCUT2D eigenvalue weighted by atomic mass is 9.96. The van der Waals surface area contributed by atoms with Crippen LogP contribution in [-0.4, -0.2) is 11.9 Å². The van der Waals surface area contributed by atoms with E-state index in [1.54, 1.807) is 17.5 Å². The van der Waals surface area contributed by atoms with Crippen molar-refractivity contribution in [3.05, 3.63) is 38.4 Å². The molecular weight excluding hydrogens is 341 g/mol. The smallest absolute Gasteiger partial charge is 0.236 e. The van der Waals surface area contributed by atoms with Crippen molar-refractivity contribution >= 4 is 33.4 Å². The average Bonchev–Trinajstić information content (AvgIpc) is 3.12. The second-order valence-electron chi connectivity index (χ2n) is 5.32. The first-order valence-electron chi connectivity index (χ1n) is 7.21. The molecule has 0 atom stereocenters. The maximum Gasteiger partial charge on any atom is 0.429 e. The van der Waals surface area contributed by atoms with Crippen LogP contribution in [0.4, 0.5) is 18.2 Å². The van der Waals surface area contributed by atoms with Crippen LogP contribution in [0.3, 0.4) is 0 Å². The first-order chi connectivity index (χ1) is 11.0. The summed E-state index contributed by atoms with van der Waals surface area (Å²) < 4.78 is 39.9. The van der Waals surface area contributed by atoms with Crippen molar-refractivity contribution in [1.29, 1.82) is 5.26 Å². The maximum atomic E-state index is 13.3. The highest BCUT2D eigenvalue weighted by atomic mass is 32.1. The zero-order valence-corrected chi connectivity index (χ0v) is 13.7. The third-order valence-corrected chi connectivity index (χ3v) is 5.81. The molecule has 2 nitrogen and oxygen atoms in total. The van der Waals surface area contributed by atoms with Crippen molar-refractivity contribution in [2.75, 3.05) is 0 Å². The number of alkyl halides is 3. The van der Waals surface area contributed by atoms with Gasteiger partial charge in [0.1, 0.15) is 16.8 Å². The number of nitriles is 1. The Morgan fingerprint density at radius 1 is 1.30 bits per heavy atom. The second kappa shape index (κ2) is 6.46. The van der Waals surface area contributed by atoms with Crippen molar-refractivity contribution in [3.8, 4) is 6.07 Å². The minimum Gasteiger partial charge on any atom is -0.236 e. The first-order valence-corrected chi connectivity index (χ1v) is 8.90. The molecule has 0 amide bonds. The lowest BCUT2D eigenvalue weighted by molar-refractivity contribution is -0.0599. The Morgan fingerprint density at radius 3 is 2.74 bits per heavy atom. The van der Waals surface area contributed by atoms with E-state index >= 15 is 0 Å². The molecule has 0 aromatic carbocycles. The van der Waals surface area contributed by atoms with Crippen LogP contribution < -0.4 is 0 Å². The molecule has 0 fully saturated rings. The number of fused-ring (bicyclic) bond motifs is 1. The summed E-state index contributed by atoms with van der Waals surface area (Å²) in [6.07, 6.45) is -1.17. The molecule has 2 aromatic heterocycles. The van der Waals surface area contributed by atoms with Crippen LogP contribution in [0.15, 0.2) is 22.5 Å². The molecule has 23 heavy (non-hydrogen) atoms. The van der Waals surface area contributed by atoms with Gasteiger partial charge in [-0.05, 0) is 42.7 Å². The number of hydrogen-bond donors (Lipinski definition) is 0. The number of hydrogen-bond acceptors (Lipinski definition) is 4. The molecule has 0 bridgehead atoms. The van der Waals surface area contributed by atoms with Gasteiger partial charge in [-0.15, -0.1) is 22.7 Å². The average molecular weight is 354 g/mol. The van der Waals surface area contributed by atoms with Gasteiger partial charge < -0.3 is 0 Å². The monoisotopic (exact) mass is 354 g/mol. The predicted molar refractivity (Wildman–Crippen MR) is 86.8 cm³/mol. The Bertz CT molecular complexity index is 765. The van der Waals surface area contributed by atoms with Gasteiger partial charge in [0.25, 0.3) is 0 Å². The van der Waals surface area contributed by atoms with Crippen LogP contribution in [0.1, 0.15) is 33.7 Å². The molecule has 0 saturated carbocycles. The molecule has 0 N–H and O–H groups in total. The molecule has 1 aliphatic carbocycles. The highest BCUT2D eigenvalue weighted by Crippen LogP contribution is 2.40. The predicted octanol–water partition coefficient (Wildman–Crippen LogP) is 5.44. The minimum atomic E-state index is -4.50. The van der Waals surface area contributed by atoms with Gasteiger partial charge in [-0.1, -0.05) is 6.07 Å². The lowest BCUT2D eigenvalue weighted by Gasteiger charge is -2.10. The fourth-order valence-electron chi connectivity index (χ4n) is 2.65. The molecule has 0 spiro atoms. The van der Waals surface area contributed by atoms with Gasteiger partial charge in [-0.3, -0.25) is 0 Å². The molecule has 2 heterocycles. The van der Waals surface area contributed by atoms with E-state index in [2.05, 4.69) is 11.1 Å². The topological polar surface area (TPSA) is 36.1 Å². The number of thiophene rings is 2. The second-order valence-corrected chi connectivity index (χ2v) is 7.43. The zero-order valence-electron chi connectivity index (χ0n) is 12.1. The summed E-state index contributed by atoms with van der Waals surface area (Å²) in [5.74, 6) is 0. The summed E-state index contributed by atoms with van der Waals surface area (Å²) in [5, 5.41) is 11.3. The minimum absolute atomic E-state index is 0.211. The number of halogens is 3. The Balaban J connectivity index is 2.02. The van der Waals surface area contributed by atoms with Crippen molar-refractivity contribution in [1.82, 2.24) is 0 Å². The molecular formula is C16H13F3N2S2. The number of nitrogens with zero attached hydrogens (tertiary/aromatic N) is 2. The standard InChI is InChI=1S/C16H13F3N2S2/c17-16(18,19)14(8-10-4-3-7-22-10)21-15-12(9-20)11-5-1-2-6-13(11)23-15/h3-4,7H,1-2,5-6,8H2/b21-14+. The summed E-state index contributed by atoms with van der Waals surface area (Å²) in [6, 6.07) is 5.44. The summed E-state index contributed by atoms with van der Waals surface area (Å²) in [7, 11) is 0. The molecule has 0 radical (unpaired) electrons. The molecule has 0 unspecified atom stereocenters. The van der Waals surface area contributed by atoms with Crippen LogP contribution in [0.25, 0.3) is 0 Å². The SMILES string of the molecule is N#Cc1c(/N=C(\Cc2cccs2)C(F)(F)F)sc2c1CCCC2. The van der Waals surface area contributed by atoms with Gasteiger partial charge in [-0.2, -0.15) is 18.4 Å². The molecule has 0 aliphatic heterocycles. The fraction of sp³-hybridized carbons (Fsp3) is 0.375. The first kappa shape index (κ1) is 16.2. The lowest BCUT2D eigenvalue weighted by Crippen LogP contribution is -2.24. The highest BCUT2D eigenvalue weighted by molar-refractivity contribution is 7.16. The largest absolute Gasteiger partial charge is 0.429 e. The Labute approximate surface area is 139 Å². The molecule has 3 rings (SSSR count). The fourth-order valence-corrected chi connectivity index (χ4v) is 4.59. The van der Waals surface area contributed by atoms with E-state index in [0.717, 1.165) is 36.1 Å². The van der Waals surface area contributed by atoms with Gasteiger partial charge in [0.05, 0.1) is 5.56 Å². The van der Waals surface area contributed by atoms with Crippen molar-refractivity contribution < 1.29 is 13.2 Å². The van der Waals surface area contributed by atoms with E-state index in [1.807, 2.05) is 0 Å². The van der Waals surface area contributed by atoms with E-state index < -0.39 is 11.9 Å². The van der Waals surface area contributed by atoms with Crippen molar-refractivity contribution in [3.63, 3.8) is 0 Å². The van der Waals surface area contributed by atoms with Gasteiger partial charge in [-0.25, -0.2) is 4.99 Å². The van der Waals surface area contributed by atoms with Gasteiger partial charge in [0, 0.05) is 16.2 Å². The van der Waals surface area contributed by atoms with E-state index in [4.69, 9.17) is 0 Å². The number of rotatable bonds is 3. The van der Waals surface area contributed by atoms with E-state index in [1.165, 1.54) is 22.7 Å². The van der Waals surface area contributed by atoms with Crippen LogP contribution in [-0.2, 0) is 19.3 Å². The Morgan fingerprint density at radius 2 is 2.09 bits per heavy atom. The Hall–Kier alpha value is -1.65. The van der Waals surface area contributed by atoms with Crippen LogP contribution >= 0.6 is 22.7 Å². The normalized spacial score (nSPS) is 15.3. The van der Waals surface area contributed by atoms with Gasteiger partial charge in [0.15, 0.2) is 0 Å². The molecule has 1 aliphatic rings. The summed E-state index contributed by atoms with van der Waals surface area (Å²) in [5.41, 5.74) is 0.396. The molecule has 120 valence electrons. The van der Waals surface area contributed by atoms with Crippen molar-refractivity contribution in [2.24, 2.45) is 4.99 Å². The summed E-state index contributed by atoms with van der Waals surface area (Å²) in [6.45, 7) is 0. The van der Waals surface area contributed by atoms with E-state index in [-0.39, 0.29) is 11.4 Å². The molecule has 2 aromatic rings. The van der Waals surface area contributed by atoms with Crippen LogP contribution in [0.5, 0.6) is 0 Å².